The Morgan fingerprint density at radius 1 is 1.15 bits per heavy atom. The molecule has 2 aliphatic rings. The molecule has 2 saturated heterocycles. The fourth-order valence-electron chi connectivity index (χ4n) is 3.91. The maximum absolute atomic E-state index is 13.8. The quantitative estimate of drug-likeness (QED) is 0.796. The van der Waals surface area contributed by atoms with Crippen molar-refractivity contribution < 1.29 is 13.9 Å². The minimum absolute atomic E-state index is 0.0798. The van der Waals surface area contributed by atoms with Crippen LogP contribution < -0.4 is 10.6 Å². The van der Waals surface area contributed by atoms with Gasteiger partial charge in [-0.1, -0.05) is 23.7 Å². The van der Waals surface area contributed by atoms with Gasteiger partial charge in [0.15, 0.2) is 0 Å². The molecule has 6 heteroatoms. The second-order valence-corrected chi connectivity index (χ2v) is 7.40. The highest BCUT2D eigenvalue weighted by atomic mass is 35.5. The monoisotopic (exact) mass is 374 g/mol. The van der Waals surface area contributed by atoms with E-state index in [0.717, 1.165) is 31.2 Å². The normalized spacial score (nSPS) is 24.3. The summed E-state index contributed by atoms with van der Waals surface area (Å²) in [5.41, 5.74) is 1.79. The van der Waals surface area contributed by atoms with Crippen molar-refractivity contribution in [3.63, 3.8) is 0 Å². The number of hydrogen-bond acceptors (Lipinski definition) is 3. The predicted octanol–water partition coefficient (Wildman–Crippen LogP) is 4.98. The zero-order valence-electron chi connectivity index (χ0n) is 14.2. The molecule has 0 aliphatic carbocycles. The third kappa shape index (κ3) is 3.84. The van der Waals surface area contributed by atoms with Gasteiger partial charge in [0, 0.05) is 22.7 Å². The topological polar surface area (TPSA) is 50.4 Å². The summed E-state index contributed by atoms with van der Waals surface area (Å²) in [6.45, 7) is 0. The lowest BCUT2D eigenvalue weighted by Gasteiger charge is -2.28. The van der Waals surface area contributed by atoms with Crippen molar-refractivity contribution in [1.29, 1.82) is 0 Å². The van der Waals surface area contributed by atoms with Crippen molar-refractivity contribution in [1.82, 2.24) is 5.32 Å². The first-order valence-corrected chi connectivity index (χ1v) is 9.24. The SMILES string of the molecule is O=C(Nc1ccc(F)cc1-c1cccc(Cl)c1)OC1CC2CCC(C1)N2. The molecule has 2 atom stereocenters. The number of rotatable bonds is 3. The summed E-state index contributed by atoms with van der Waals surface area (Å²) in [4.78, 5) is 12.4. The Balaban J connectivity index is 1.50. The van der Waals surface area contributed by atoms with E-state index in [4.69, 9.17) is 16.3 Å². The van der Waals surface area contributed by atoms with Gasteiger partial charge in [0.1, 0.15) is 11.9 Å². The average molecular weight is 375 g/mol. The molecule has 0 saturated carbocycles. The van der Waals surface area contributed by atoms with Crippen LogP contribution in [0.4, 0.5) is 14.9 Å². The predicted molar refractivity (Wildman–Crippen MR) is 99.9 cm³/mol. The standard InChI is InChI=1S/C20H20ClFN2O2/c21-13-3-1-2-12(8-13)18-9-14(22)4-7-19(18)24-20(25)26-17-10-15-5-6-16(11-17)23-15/h1-4,7-9,15-17,23H,5-6,10-11H2,(H,24,25). The van der Waals surface area contributed by atoms with Gasteiger partial charge >= 0.3 is 6.09 Å². The maximum atomic E-state index is 13.8. The molecule has 2 aromatic carbocycles. The molecular formula is C20H20ClFN2O2. The lowest BCUT2D eigenvalue weighted by atomic mass is 10.0. The van der Waals surface area contributed by atoms with Crippen LogP contribution in [0.15, 0.2) is 42.5 Å². The second kappa shape index (κ2) is 7.25. The largest absolute Gasteiger partial charge is 0.446 e. The van der Waals surface area contributed by atoms with Crippen LogP contribution in [0, 0.1) is 5.82 Å². The van der Waals surface area contributed by atoms with Gasteiger partial charge in [-0.05, 0) is 61.6 Å². The van der Waals surface area contributed by atoms with E-state index in [1.165, 1.54) is 12.1 Å². The first-order chi connectivity index (χ1) is 12.6. The van der Waals surface area contributed by atoms with Crippen LogP contribution in [0.3, 0.4) is 0 Å². The number of benzene rings is 2. The Bertz CT molecular complexity index is 817. The molecule has 0 spiro atoms. The van der Waals surface area contributed by atoms with Gasteiger partial charge in [-0.15, -0.1) is 0 Å². The zero-order valence-corrected chi connectivity index (χ0v) is 14.9. The van der Waals surface area contributed by atoms with Crippen molar-refractivity contribution in [2.24, 2.45) is 0 Å². The second-order valence-electron chi connectivity index (χ2n) is 6.96. The van der Waals surface area contributed by atoms with E-state index in [9.17, 15) is 9.18 Å². The van der Waals surface area contributed by atoms with E-state index in [2.05, 4.69) is 10.6 Å². The molecule has 0 aromatic heterocycles. The van der Waals surface area contributed by atoms with Crippen LogP contribution in [0.5, 0.6) is 0 Å². The smallest absolute Gasteiger partial charge is 0.411 e. The molecule has 136 valence electrons. The van der Waals surface area contributed by atoms with Crippen molar-refractivity contribution in [2.75, 3.05) is 5.32 Å². The highest BCUT2D eigenvalue weighted by Crippen LogP contribution is 2.32. The highest BCUT2D eigenvalue weighted by Gasteiger charge is 2.35. The molecule has 1 amide bonds. The Labute approximate surface area is 156 Å². The summed E-state index contributed by atoms with van der Waals surface area (Å²) in [6.07, 6.45) is 3.38. The Hall–Kier alpha value is -2.11. The number of fused-ring (bicyclic) bond motifs is 2. The summed E-state index contributed by atoms with van der Waals surface area (Å²) >= 11 is 6.04. The number of carbonyl (C=O) groups excluding carboxylic acids is 1. The number of halogens is 2. The molecule has 26 heavy (non-hydrogen) atoms. The van der Waals surface area contributed by atoms with E-state index in [1.54, 1.807) is 24.3 Å². The van der Waals surface area contributed by atoms with E-state index in [1.807, 2.05) is 6.07 Å². The maximum Gasteiger partial charge on any atom is 0.411 e. The Morgan fingerprint density at radius 2 is 1.92 bits per heavy atom. The Kier molecular flexibility index (Phi) is 4.83. The van der Waals surface area contributed by atoms with E-state index in [-0.39, 0.29) is 11.9 Å². The Morgan fingerprint density at radius 3 is 2.65 bits per heavy atom. The number of nitrogens with one attached hydrogen (secondary N) is 2. The first kappa shape index (κ1) is 17.3. The van der Waals surface area contributed by atoms with Crippen molar-refractivity contribution >= 4 is 23.4 Å². The molecule has 2 aliphatic heterocycles. The summed E-state index contributed by atoms with van der Waals surface area (Å²) in [5, 5.41) is 6.83. The number of ether oxygens (including phenoxy) is 1. The van der Waals surface area contributed by atoms with Gasteiger partial charge in [0.25, 0.3) is 0 Å². The van der Waals surface area contributed by atoms with Crippen LogP contribution in [0.1, 0.15) is 25.7 Å². The number of anilines is 1. The summed E-state index contributed by atoms with van der Waals surface area (Å²) in [6, 6.07) is 12.2. The molecule has 2 heterocycles. The third-order valence-corrected chi connectivity index (χ3v) is 5.29. The molecule has 4 rings (SSSR count). The molecular weight excluding hydrogens is 355 g/mol. The third-order valence-electron chi connectivity index (χ3n) is 5.06. The summed E-state index contributed by atoms with van der Waals surface area (Å²) in [5.74, 6) is -0.381. The fourth-order valence-corrected chi connectivity index (χ4v) is 4.10. The minimum atomic E-state index is -0.508. The lowest BCUT2D eigenvalue weighted by molar-refractivity contribution is 0.0774. The molecule has 2 N–H and O–H groups in total. The number of hydrogen-bond donors (Lipinski definition) is 2. The highest BCUT2D eigenvalue weighted by molar-refractivity contribution is 6.30. The number of piperidine rings is 1. The van der Waals surface area contributed by atoms with Gasteiger partial charge in [0.2, 0.25) is 0 Å². The van der Waals surface area contributed by atoms with Gasteiger partial charge in [-0.3, -0.25) is 5.32 Å². The van der Waals surface area contributed by atoms with Gasteiger partial charge in [0.05, 0.1) is 5.69 Å². The molecule has 0 radical (unpaired) electrons. The molecule has 2 fully saturated rings. The van der Waals surface area contributed by atoms with Gasteiger partial charge in [-0.2, -0.15) is 0 Å². The van der Waals surface area contributed by atoms with Crippen LogP contribution in [-0.2, 0) is 4.74 Å². The fraction of sp³-hybridized carbons (Fsp3) is 0.350. The van der Waals surface area contributed by atoms with Crippen LogP contribution in [0.25, 0.3) is 11.1 Å². The number of carbonyl (C=O) groups is 1. The van der Waals surface area contributed by atoms with Crippen LogP contribution >= 0.6 is 11.6 Å². The molecule has 2 bridgehead atoms. The van der Waals surface area contributed by atoms with E-state index in [0.29, 0.717) is 28.4 Å². The number of amides is 1. The summed E-state index contributed by atoms with van der Waals surface area (Å²) < 4.78 is 19.4. The van der Waals surface area contributed by atoms with Crippen LogP contribution in [-0.4, -0.2) is 24.3 Å². The summed E-state index contributed by atoms with van der Waals surface area (Å²) in [7, 11) is 0. The first-order valence-electron chi connectivity index (χ1n) is 8.86. The molecule has 2 aromatic rings. The van der Waals surface area contributed by atoms with Gasteiger partial charge < -0.3 is 10.1 Å². The van der Waals surface area contributed by atoms with Crippen molar-refractivity contribution in [3.05, 3.63) is 53.3 Å². The average Bonchev–Trinajstić information content (AvgIpc) is 2.95. The van der Waals surface area contributed by atoms with E-state index >= 15 is 0 Å². The minimum Gasteiger partial charge on any atom is -0.446 e. The van der Waals surface area contributed by atoms with Crippen molar-refractivity contribution in [3.8, 4) is 11.1 Å². The van der Waals surface area contributed by atoms with Crippen LogP contribution in [0.2, 0.25) is 5.02 Å². The lowest BCUT2D eigenvalue weighted by Crippen LogP contribution is -2.42. The molecule has 4 nitrogen and oxygen atoms in total. The zero-order chi connectivity index (χ0) is 18.1. The van der Waals surface area contributed by atoms with Crippen molar-refractivity contribution in [2.45, 2.75) is 43.9 Å². The van der Waals surface area contributed by atoms with Gasteiger partial charge in [-0.25, -0.2) is 9.18 Å². The van der Waals surface area contributed by atoms with E-state index < -0.39 is 6.09 Å². The molecule has 2 unspecified atom stereocenters.